The van der Waals surface area contributed by atoms with Gasteiger partial charge in [0.05, 0.1) is 13.2 Å². The second-order valence-electron chi connectivity index (χ2n) is 6.81. The predicted octanol–water partition coefficient (Wildman–Crippen LogP) is 6.09. The van der Waals surface area contributed by atoms with E-state index in [0.29, 0.717) is 18.8 Å². The molecule has 0 atom stereocenters. The number of nitrogens with zero attached hydrogens (tertiary/aromatic N) is 1. The summed E-state index contributed by atoms with van der Waals surface area (Å²) in [5.74, 6) is 0.155. The fourth-order valence-electron chi connectivity index (χ4n) is 3.13. The lowest BCUT2D eigenvalue weighted by Gasteiger charge is -2.13. The normalized spacial score (nSPS) is 11.2. The van der Waals surface area contributed by atoms with Crippen LogP contribution in [0.15, 0.2) is 72.8 Å². The molecule has 0 unspecified atom stereocenters. The standard InChI is InChI=1S/C26H29NO3/c1-3-5-6-7-8-12-19-30-26(28)24(20-27)25(21-13-10-9-11-14-21)22-15-17-23(18-16-22)29-4-2/h3,9-11,13-18H,1,4-8,12,19H2,2H3/b25-24+. The molecule has 4 heteroatoms. The summed E-state index contributed by atoms with van der Waals surface area (Å²) in [6.45, 7) is 6.52. The van der Waals surface area contributed by atoms with E-state index in [2.05, 4.69) is 12.6 Å². The Balaban J connectivity index is 2.22. The van der Waals surface area contributed by atoms with E-state index < -0.39 is 5.97 Å². The van der Waals surface area contributed by atoms with Crippen molar-refractivity contribution in [1.82, 2.24) is 0 Å². The highest BCUT2D eigenvalue weighted by atomic mass is 16.5. The smallest absolute Gasteiger partial charge is 0.349 e. The first-order chi connectivity index (χ1) is 14.7. The SMILES string of the molecule is C=CCCCCCCOC(=O)/C(C#N)=C(\c1ccccc1)c1ccc(OCC)cc1. The molecule has 0 aliphatic carbocycles. The van der Waals surface area contributed by atoms with Gasteiger partial charge in [-0.3, -0.25) is 0 Å². The van der Waals surface area contributed by atoms with E-state index in [4.69, 9.17) is 9.47 Å². The molecule has 0 aromatic heterocycles. The van der Waals surface area contributed by atoms with Crippen LogP contribution in [-0.2, 0) is 9.53 Å². The lowest BCUT2D eigenvalue weighted by atomic mass is 9.93. The summed E-state index contributed by atoms with van der Waals surface area (Å²) >= 11 is 0. The maximum absolute atomic E-state index is 12.7. The van der Waals surface area contributed by atoms with Gasteiger partial charge in [0.25, 0.3) is 0 Å². The van der Waals surface area contributed by atoms with Gasteiger partial charge >= 0.3 is 5.97 Å². The van der Waals surface area contributed by atoms with Crippen LogP contribution in [0.5, 0.6) is 5.75 Å². The Bertz CT molecular complexity index is 877. The van der Waals surface area contributed by atoms with Gasteiger partial charge < -0.3 is 9.47 Å². The van der Waals surface area contributed by atoms with E-state index in [1.54, 1.807) is 0 Å². The van der Waals surface area contributed by atoms with Gasteiger partial charge in [0.15, 0.2) is 0 Å². The first-order valence-corrected chi connectivity index (χ1v) is 10.4. The van der Waals surface area contributed by atoms with Crippen molar-refractivity contribution in [3.05, 3.63) is 84.0 Å². The van der Waals surface area contributed by atoms with Crippen LogP contribution < -0.4 is 4.74 Å². The molecule has 2 rings (SSSR count). The monoisotopic (exact) mass is 403 g/mol. The molecule has 0 bridgehead atoms. The topological polar surface area (TPSA) is 59.3 Å². The maximum atomic E-state index is 12.7. The highest BCUT2D eigenvalue weighted by Gasteiger charge is 2.20. The molecule has 30 heavy (non-hydrogen) atoms. The minimum Gasteiger partial charge on any atom is -0.494 e. The molecule has 0 saturated heterocycles. The summed E-state index contributed by atoms with van der Waals surface area (Å²) in [6, 6.07) is 18.9. The first kappa shape index (κ1) is 23.0. The molecule has 0 N–H and O–H groups in total. The fraction of sp³-hybridized carbons (Fsp3) is 0.308. The molecule has 0 saturated carbocycles. The molecule has 0 amide bonds. The van der Waals surface area contributed by atoms with Gasteiger partial charge in [0.1, 0.15) is 17.4 Å². The minimum atomic E-state index is -0.587. The summed E-state index contributed by atoms with van der Waals surface area (Å²) in [5, 5.41) is 9.79. The van der Waals surface area contributed by atoms with Crippen molar-refractivity contribution in [2.75, 3.05) is 13.2 Å². The van der Waals surface area contributed by atoms with E-state index in [1.807, 2.05) is 67.6 Å². The third-order valence-electron chi connectivity index (χ3n) is 4.62. The molecule has 0 fully saturated rings. The molecule has 0 aliphatic rings. The van der Waals surface area contributed by atoms with Crippen molar-refractivity contribution in [3.8, 4) is 11.8 Å². The number of hydrogen-bond acceptors (Lipinski definition) is 4. The van der Waals surface area contributed by atoms with Crippen LogP contribution in [0, 0.1) is 11.3 Å². The van der Waals surface area contributed by atoms with Crippen molar-refractivity contribution in [2.45, 2.75) is 39.0 Å². The van der Waals surface area contributed by atoms with E-state index in [0.717, 1.165) is 49.0 Å². The molecule has 0 radical (unpaired) electrons. The number of benzene rings is 2. The van der Waals surface area contributed by atoms with Gasteiger partial charge in [0.2, 0.25) is 0 Å². The van der Waals surface area contributed by atoms with Crippen molar-refractivity contribution in [1.29, 1.82) is 5.26 Å². The summed E-state index contributed by atoms with van der Waals surface area (Å²) in [7, 11) is 0. The van der Waals surface area contributed by atoms with Crippen molar-refractivity contribution >= 4 is 11.5 Å². The number of hydrogen-bond donors (Lipinski definition) is 0. The molecule has 0 heterocycles. The van der Waals surface area contributed by atoms with Gasteiger partial charge in [0, 0.05) is 5.57 Å². The number of allylic oxidation sites excluding steroid dienone is 1. The number of carbonyl (C=O) groups excluding carboxylic acids is 1. The quantitative estimate of drug-likeness (QED) is 0.141. The number of nitriles is 1. The largest absolute Gasteiger partial charge is 0.494 e. The maximum Gasteiger partial charge on any atom is 0.349 e. The molecular weight excluding hydrogens is 374 g/mol. The van der Waals surface area contributed by atoms with Gasteiger partial charge in [-0.25, -0.2) is 4.79 Å². The van der Waals surface area contributed by atoms with Gasteiger partial charge in [-0.1, -0.05) is 61.4 Å². The van der Waals surface area contributed by atoms with Crippen molar-refractivity contribution in [3.63, 3.8) is 0 Å². The van der Waals surface area contributed by atoms with E-state index >= 15 is 0 Å². The zero-order valence-corrected chi connectivity index (χ0v) is 17.6. The number of ether oxygens (including phenoxy) is 2. The number of unbranched alkanes of at least 4 members (excludes halogenated alkanes) is 4. The van der Waals surface area contributed by atoms with Gasteiger partial charge in [-0.2, -0.15) is 5.26 Å². The zero-order chi connectivity index (χ0) is 21.6. The molecule has 2 aromatic rings. The number of carbonyl (C=O) groups is 1. The van der Waals surface area contributed by atoms with Crippen LogP contribution in [0.1, 0.15) is 50.2 Å². The summed E-state index contributed by atoms with van der Waals surface area (Å²) in [6.07, 6.45) is 6.85. The summed E-state index contributed by atoms with van der Waals surface area (Å²) in [4.78, 5) is 12.7. The average Bonchev–Trinajstić information content (AvgIpc) is 2.78. The molecule has 0 aliphatic heterocycles. The Labute approximate surface area is 179 Å². The van der Waals surface area contributed by atoms with Gasteiger partial charge in [-0.05, 0) is 49.4 Å². The Kier molecular flexibility index (Phi) is 9.96. The van der Waals surface area contributed by atoms with Crippen LogP contribution in [-0.4, -0.2) is 19.2 Å². The lowest BCUT2D eigenvalue weighted by Crippen LogP contribution is -2.11. The Morgan fingerprint density at radius 1 is 1.00 bits per heavy atom. The van der Waals surface area contributed by atoms with E-state index in [-0.39, 0.29) is 5.57 Å². The van der Waals surface area contributed by atoms with Crippen LogP contribution in [0.2, 0.25) is 0 Å². The first-order valence-electron chi connectivity index (χ1n) is 10.4. The van der Waals surface area contributed by atoms with Crippen LogP contribution in [0.25, 0.3) is 5.57 Å². The minimum absolute atomic E-state index is 0.0111. The van der Waals surface area contributed by atoms with Gasteiger partial charge in [-0.15, -0.1) is 6.58 Å². The highest BCUT2D eigenvalue weighted by Crippen LogP contribution is 2.29. The molecular formula is C26H29NO3. The molecule has 2 aromatic carbocycles. The predicted molar refractivity (Wildman–Crippen MR) is 120 cm³/mol. The number of rotatable bonds is 12. The second-order valence-corrected chi connectivity index (χ2v) is 6.81. The van der Waals surface area contributed by atoms with E-state index in [1.165, 1.54) is 0 Å². The zero-order valence-electron chi connectivity index (χ0n) is 17.6. The molecule has 0 spiro atoms. The number of esters is 1. The third-order valence-corrected chi connectivity index (χ3v) is 4.62. The summed E-state index contributed by atoms with van der Waals surface area (Å²) < 4.78 is 10.9. The Morgan fingerprint density at radius 3 is 2.30 bits per heavy atom. The van der Waals surface area contributed by atoms with Crippen LogP contribution in [0.3, 0.4) is 0 Å². The Morgan fingerprint density at radius 2 is 1.67 bits per heavy atom. The van der Waals surface area contributed by atoms with Crippen molar-refractivity contribution in [2.24, 2.45) is 0 Å². The second kappa shape index (κ2) is 13.0. The Hall–Kier alpha value is -3.32. The van der Waals surface area contributed by atoms with Crippen LogP contribution in [0.4, 0.5) is 0 Å². The molecule has 4 nitrogen and oxygen atoms in total. The molecule has 156 valence electrons. The van der Waals surface area contributed by atoms with Crippen molar-refractivity contribution < 1.29 is 14.3 Å². The lowest BCUT2D eigenvalue weighted by molar-refractivity contribution is -0.138. The van der Waals surface area contributed by atoms with Crippen LogP contribution >= 0.6 is 0 Å². The summed E-state index contributed by atoms with van der Waals surface area (Å²) in [5.41, 5.74) is 2.14. The fourth-order valence-corrected chi connectivity index (χ4v) is 3.13. The van der Waals surface area contributed by atoms with E-state index in [9.17, 15) is 10.1 Å². The highest BCUT2D eigenvalue weighted by molar-refractivity contribution is 6.05. The third kappa shape index (κ3) is 6.93. The average molecular weight is 404 g/mol.